The lowest BCUT2D eigenvalue weighted by Gasteiger charge is -2.24. The minimum absolute atomic E-state index is 0.200. The van der Waals surface area contributed by atoms with Gasteiger partial charge in [-0.2, -0.15) is 4.98 Å². The fourth-order valence-corrected chi connectivity index (χ4v) is 4.03. The molecule has 1 aliphatic rings. The maximum atomic E-state index is 12.7. The van der Waals surface area contributed by atoms with Crippen LogP contribution in [-0.2, 0) is 0 Å². The number of carbonyl (C=O) groups excluding carboxylic acids is 1. The van der Waals surface area contributed by atoms with Crippen molar-refractivity contribution in [1.29, 1.82) is 0 Å². The molecule has 8 heteroatoms. The molecule has 0 saturated carbocycles. The van der Waals surface area contributed by atoms with Gasteiger partial charge in [0.25, 0.3) is 11.9 Å². The lowest BCUT2D eigenvalue weighted by atomic mass is 10.0. The lowest BCUT2D eigenvalue weighted by molar-refractivity contribution is 0.102. The summed E-state index contributed by atoms with van der Waals surface area (Å²) in [5.74, 6) is 0.413. The minimum Gasteiger partial charge on any atom is -0.324 e. The number of hydrogen-bond donors (Lipinski definition) is 2. The quantitative estimate of drug-likeness (QED) is 0.368. The predicted octanol–water partition coefficient (Wildman–Crippen LogP) is 6.20. The van der Waals surface area contributed by atoms with Crippen molar-refractivity contribution in [2.45, 2.75) is 13.0 Å². The number of nitrogens with zero attached hydrogens (tertiary/aromatic N) is 3. The van der Waals surface area contributed by atoms with Crippen molar-refractivity contribution in [2.24, 2.45) is 0 Å². The van der Waals surface area contributed by atoms with Crippen LogP contribution in [-0.4, -0.2) is 20.7 Å². The number of allylic oxidation sites excluding steroid dienone is 1. The highest BCUT2D eigenvalue weighted by atomic mass is 35.5. The number of carbonyl (C=O) groups is 1. The van der Waals surface area contributed by atoms with E-state index < -0.39 is 0 Å². The zero-order valence-corrected chi connectivity index (χ0v) is 19.1. The first-order chi connectivity index (χ1) is 16.0. The Morgan fingerprint density at radius 1 is 1.00 bits per heavy atom. The maximum absolute atomic E-state index is 12.7. The van der Waals surface area contributed by atoms with Crippen LogP contribution in [0.2, 0.25) is 10.0 Å². The van der Waals surface area contributed by atoms with E-state index in [9.17, 15) is 4.79 Å². The van der Waals surface area contributed by atoms with Crippen molar-refractivity contribution >= 4 is 46.7 Å². The molecule has 1 atom stereocenters. The normalized spacial score (nSPS) is 14.8. The Labute approximate surface area is 200 Å². The first-order valence-corrected chi connectivity index (χ1v) is 11.1. The second-order valence-corrected chi connectivity index (χ2v) is 8.55. The molecule has 1 aromatic heterocycles. The van der Waals surface area contributed by atoms with E-state index >= 15 is 0 Å². The third-order valence-electron chi connectivity index (χ3n) is 5.38. The number of anilines is 2. The number of halogens is 2. The second-order valence-electron chi connectivity index (χ2n) is 7.70. The molecule has 0 aliphatic carbocycles. The number of amides is 1. The van der Waals surface area contributed by atoms with E-state index in [1.165, 1.54) is 0 Å². The number of benzene rings is 3. The highest BCUT2D eigenvalue weighted by Gasteiger charge is 2.27. The SMILES string of the molecule is Cc1ccc(C(=O)Nc2nc3n(n2)C(c2ccccc2Cl)C=C(c2ccc(Cl)cc2)N3)cc1. The van der Waals surface area contributed by atoms with E-state index in [1.54, 1.807) is 16.8 Å². The molecule has 1 amide bonds. The second kappa shape index (κ2) is 8.73. The summed E-state index contributed by atoms with van der Waals surface area (Å²) in [7, 11) is 0. The molecular formula is C25H19Cl2N5O. The minimum atomic E-state index is -0.321. The Kier molecular flexibility index (Phi) is 5.62. The Morgan fingerprint density at radius 3 is 2.45 bits per heavy atom. The Morgan fingerprint density at radius 2 is 1.73 bits per heavy atom. The van der Waals surface area contributed by atoms with Crippen LogP contribution < -0.4 is 10.6 Å². The van der Waals surface area contributed by atoms with Gasteiger partial charge in [-0.25, -0.2) is 4.68 Å². The zero-order valence-electron chi connectivity index (χ0n) is 17.6. The van der Waals surface area contributed by atoms with Gasteiger partial charge in [0.15, 0.2) is 0 Å². The fraction of sp³-hybridized carbons (Fsp3) is 0.0800. The Hall–Kier alpha value is -3.61. The molecule has 1 aliphatic heterocycles. The van der Waals surface area contributed by atoms with Gasteiger partial charge in [-0.15, -0.1) is 5.10 Å². The largest absolute Gasteiger partial charge is 0.324 e. The van der Waals surface area contributed by atoms with Crippen molar-refractivity contribution in [3.8, 4) is 0 Å². The van der Waals surface area contributed by atoms with Crippen LogP contribution in [0.15, 0.2) is 78.9 Å². The van der Waals surface area contributed by atoms with Crippen LogP contribution in [0.3, 0.4) is 0 Å². The molecule has 1 unspecified atom stereocenters. The molecule has 4 aromatic rings. The van der Waals surface area contributed by atoms with E-state index in [1.807, 2.05) is 73.7 Å². The summed E-state index contributed by atoms with van der Waals surface area (Å²) >= 11 is 12.6. The van der Waals surface area contributed by atoms with Crippen molar-refractivity contribution in [3.05, 3.63) is 111 Å². The van der Waals surface area contributed by atoms with Gasteiger partial charge in [-0.3, -0.25) is 10.1 Å². The van der Waals surface area contributed by atoms with Crippen molar-refractivity contribution in [2.75, 3.05) is 10.6 Å². The van der Waals surface area contributed by atoms with E-state index in [0.29, 0.717) is 21.6 Å². The zero-order chi connectivity index (χ0) is 22.9. The average Bonchev–Trinajstić information content (AvgIpc) is 3.22. The Balaban J connectivity index is 1.52. The molecular weight excluding hydrogens is 457 g/mol. The number of rotatable bonds is 4. The number of hydrogen-bond acceptors (Lipinski definition) is 4. The van der Waals surface area contributed by atoms with Gasteiger partial charge in [0.2, 0.25) is 5.95 Å². The summed E-state index contributed by atoms with van der Waals surface area (Å²) < 4.78 is 1.71. The van der Waals surface area contributed by atoms with E-state index in [-0.39, 0.29) is 17.9 Å². The predicted molar refractivity (Wildman–Crippen MR) is 132 cm³/mol. The maximum Gasteiger partial charge on any atom is 0.258 e. The molecule has 5 rings (SSSR count). The monoisotopic (exact) mass is 475 g/mol. The van der Waals surface area contributed by atoms with Gasteiger partial charge in [-0.1, -0.05) is 71.2 Å². The first kappa shape index (κ1) is 21.2. The molecule has 164 valence electrons. The topological polar surface area (TPSA) is 71.8 Å². The molecule has 0 saturated heterocycles. The van der Waals surface area contributed by atoms with Crippen LogP contribution >= 0.6 is 23.2 Å². The number of nitrogens with one attached hydrogen (secondary N) is 2. The first-order valence-electron chi connectivity index (χ1n) is 10.3. The molecule has 2 N–H and O–H groups in total. The molecule has 6 nitrogen and oxygen atoms in total. The van der Waals surface area contributed by atoms with E-state index in [2.05, 4.69) is 20.7 Å². The number of aromatic nitrogens is 3. The summed E-state index contributed by atoms with van der Waals surface area (Å²) in [6, 6.07) is 22.1. The van der Waals surface area contributed by atoms with Gasteiger partial charge >= 0.3 is 0 Å². The summed E-state index contributed by atoms with van der Waals surface area (Å²) in [6.45, 7) is 1.97. The molecule has 0 bridgehead atoms. The van der Waals surface area contributed by atoms with Crippen LogP contribution in [0.1, 0.15) is 33.1 Å². The highest BCUT2D eigenvalue weighted by Crippen LogP contribution is 2.36. The van der Waals surface area contributed by atoms with Gasteiger partial charge in [0, 0.05) is 21.3 Å². The third-order valence-corrected chi connectivity index (χ3v) is 5.98. The van der Waals surface area contributed by atoms with Crippen molar-refractivity contribution in [1.82, 2.24) is 14.8 Å². The van der Waals surface area contributed by atoms with Gasteiger partial charge in [-0.05, 0) is 54.5 Å². The lowest BCUT2D eigenvalue weighted by Crippen LogP contribution is -2.20. The van der Waals surface area contributed by atoms with Crippen LogP contribution in [0.4, 0.5) is 11.9 Å². The summed E-state index contributed by atoms with van der Waals surface area (Å²) in [5, 5.41) is 11.9. The third kappa shape index (κ3) is 4.35. The van der Waals surface area contributed by atoms with Crippen molar-refractivity contribution in [3.63, 3.8) is 0 Å². The van der Waals surface area contributed by atoms with E-state index in [4.69, 9.17) is 23.2 Å². The smallest absolute Gasteiger partial charge is 0.258 e. The molecule has 3 aromatic carbocycles. The average molecular weight is 476 g/mol. The summed E-state index contributed by atoms with van der Waals surface area (Å²) in [4.78, 5) is 17.2. The fourth-order valence-electron chi connectivity index (χ4n) is 3.66. The molecule has 33 heavy (non-hydrogen) atoms. The van der Waals surface area contributed by atoms with Crippen LogP contribution in [0.25, 0.3) is 5.70 Å². The standard InChI is InChI=1S/C25H19Cl2N5O/c1-15-6-8-17(9-7-15)23(33)29-24-30-25-28-21(16-10-12-18(26)13-11-16)14-22(32(25)31-24)19-4-2-3-5-20(19)27/h2-14,22H,1H3,(H2,28,29,30,31,33). The van der Waals surface area contributed by atoms with E-state index in [0.717, 1.165) is 22.4 Å². The molecule has 0 radical (unpaired) electrons. The molecule has 2 heterocycles. The Bertz CT molecular complexity index is 1360. The summed E-state index contributed by atoms with van der Waals surface area (Å²) in [6.07, 6.45) is 2.03. The molecule has 0 spiro atoms. The van der Waals surface area contributed by atoms with Gasteiger partial charge < -0.3 is 5.32 Å². The van der Waals surface area contributed by atoms with Crippen molar-refractivity contribution < 1.29 is 4.79 Å². The molecule has 0 fully saturated rings. The van der Waals surface area contributed by atoms with Crippen LogP contribution in [0, 0.1) is 6.92 Å². The van der Waals surface area contributed by atoms with Gasteiger partial charge in [0.05, 0.1) is 0 Å². The number of aryl methyl sites for hydroxylation is 1. The number of fused-ring (bicyclic) bond motifs is 1. The highest BCUT2D eigenvalue weighted by molar-refractivity contribution is 6.31. The van der Waals surface area contributed by atoms with Crippen LogP contribution in [0.5, 0.6) is 0 Å². The summed E-state index contributed by atoms with van der Waals surface area (Å²) in [5.41, 5.74) is 4.26. The van der Waals surface area contributed by atoms with Gasteiger partial charge in [0.1, 0.15) is 6.04 Å².